The highest BCUT2D eigenvalue weighted by Gasteiger charge is 2.50. The fourth-order valence-corrected chi connectivity index (χ4v) is 6.35. The van der Waals surface area contributed by atoms with Crippen molar-refractivity contribution >= 4 is 49.6 Å². The molecule has 0 aliphatic carbocycles. The zero-order valence-electron chi connectivity index (χ0n) is 23.3. The molecule has 10 atom stereocenters. The summed E-state index contributed by atoms with van der Waals surface area (Å²) in [6.45, 7) is -0.390. The average Bonchev–Trinajstić information content (AvgIpc) is 3.74. The van der Waals surface area contributed by atoms with E-state index in [0.29, 0.717) is 11.2 Å². The minimum atomic E-state index is -5.44. The SMILES string of the molecule is Nc1ncnc2c1ncn2[C@@H]1O[C@H](C(O)OP(=O)(O)OP(=O)(O)O)[C@@H](O)[C@H]1O.Nc1ncnc2c1ncn2[C@@H]1O[C@H](CO)[C@@H](O)[C@H]1O. The van der Waals surface area contributed by atoms with E-state index in [1.165, 1.54) is 28.1 Å². The number of anilines is 2. The van der Waals surface area contributed by atoms with E-state index in [0.717, 1.165) is 6.33 Å². The first-order valence-corrected chi connectivity index (χ1v) is 16.0. The van der Waals surface area contributed by atoms with Crippen molar-refractivity contribution in [2.45, 2.75) is 55.4 Å². The third kappa shape index (κ3) is 7.09. The molecule has 6 rings (SSSR count). The van der Waals surface area contributed by atoms with Gasteiger partial charge in [-0.3, -0.25) is 13.7 Å². The molecule has 4 aromatic rings. The van der Waals surface area contributed by atoms with Crippen molar-refractivity contribution in [3.8, 4) is 0 Å². The van der Waals surface area contributed by atoms with Crippen LogP contribution < -0.4 is 11.5 Å². The molecule has 27 heteroatoms. The van der Waals surface area contributed by atoms with Crippen LogP contribution in [-0.2, 0) is 27.4 Å². The molecular weight excluding hydrogens is 682 g/mol. The van der Waals surface area contributed by atoms with Gasteiger partial charge in [-0.2, -0.15) is 4.31 Å². The molecule has 4 aromatic heterocycles. The van der Waals surface area contributed by atoms with Crippen molar-refractivity contribution in [1.29, 1.82) is 0 Å². The van der Waals surface area contributed by atoms with Gasteiger partial charge in [-0.25, -0.2) is 39.0 Å². The Kier molecular flexibility index (Phi) is 9.87. The fourth-order valence-electron chi connectivity index (χ4n) is 4.72. The molecule has 2 aliphatic rings. The average molecular weight is 710 g/mol. The van der Waals surface area contributed by atoms with Crippen molar-refractivity contribution in [2.24, 2.45) is 0 Å². The van der Waals surface area contributed by atoms with E-state index < -0.39 is 77.6 Å². The van der Waals surface area contributed by atoms with E-state index >= 15 is 0 Å². The molecule has 2 fully saturated rings. The molecule has 6 heterocycles. The minimum Gasteiger partial charge on any atom is -0.394 e. The highest BCUT2D eigenvalue weighted by atomic mass is 31.3. The topological polar surface area (TPSA) is 392 Å². The maximum Gasteiger partial charge on any atom is 0.483 e. The van der Waals surface area contributed by atoms with Crippen LogP contribution in [0.4, 0.5) is 11.6 Å². The third-order valence-corrected chi connectivity index (χ3v) is 9.01. The van der Waals surface area contributed by atoms with Crippen LogP contribution in [0.25, 0.3) is 22.3 Å². The van der Waals surface area contributed by atoms with Gasteiger partial charge in [0.15, 0.2) is 41.7 Å². The van der Waals surface area contributed by atoms with Crippen LogP contribution >= 0.6 is 15.6 Å². The number of rotatable bonds is 8. The normalized spacial score (nSPS) is 29.9. The van der Waals surface area contributed by atoms with Gasteiger partial charge in [0.25, 0.3) is 0 Å². The predicted octanol–water partition coefficient (Wildman–Crippen LogP) is -4.41. The molecule has 0 saturated carbocycles. The molecule has 0 radical (unpaired) electrons. The van der Waals surface area contributed by atoms with E-state index in [1.807, 2.05) is 0 Å². The van der Waals surface area contributed by atoms with Crippen LogP contribution in [0.15, 0.2) is 25.3 Å². The second-order valence-corrected chi connectivity index (χ2v) is 12.7. The molecule has 0 spiro atoms. The van der Waals surface area contributed by atoms with Crippen LogP contribution in [0.3, 0.4) is 0 Å². The molecule has 0 aromatic carbocycles. The lowest BCUT2D eigenvalue weighted by atomic mass is 10.1. The predicted molar refractivity (Wildman–Crippen MR) is 148 cm³/mol. The summed E-state index contributed by atoms with van der Waals surface area (Å²) in [6.07, 6.45) is -8.26. The van der Waals surface area contributed by atoms with Gasteiger partial charge in [0.2, 0.25) is 0 Å². The summed E-state index contributed by atoms with van der Waals surface area (Å²) < 4.78 is 43.2. The van der Waals surface area contributed by atoms with Gasteiger partial charge in [0.05, 0.1) is 19.3 Å². The fraction of sp³-hybridized carbons (Fsp3) is 0.500. The summed E-state index contributed by atoms with van der Waals surface area (Å²) in [5, 5.41) is 58.9. The second kappa shape index (κ2) is 13.3. The van der Waals surface area contributed by atoms with Crippen molar-refractivity contribution in [3.63, 3.8) is 0 Å². The monoisotopic (exact) mass is 710 g/mol. The highest BCUT2D eigenvalue weighted by Crippen LogP contribution is 2.58. The van der Waals surface area contributed by atoms with Crippen molar-refractivity contribution in [2.75, 3.05) is 18.1 Å². The number of nitrogen functional groups attached to an aromatic ring is 2. The summed E-state index contributed by atoms with van der Waals surface area (Å²) in [5.41, 5.74) is 12.4. The van der Waals surface area contributed by atoms with Gasteiger partial charge >= 0.3 is 15.6 Å². The molecule has 2 saturated heterocycles. The van der Waals surface area contributed by atoms with Gasteiger partial charge in [-0.15, -0.1) is 0 Å². The summed E-state index contributed by atoms with van der Waals surface area (Å²) in [7, 11) is -10.9. The number of nitrogens with zero attached hydrogens (tertiary/aromatic N) is 8. The molecule has 2 unspecified atom stereocenters. The van der Waals surface area contributed by atoms with Crippen molar-refractivity contribution in [3.05, 3.63) is 25.3 Å². The Balaban J connectivity index is 0.000000198. The zero-order chi connectivity index (χ0) is 34.4. The van der Waals surface area contributed by atoms with E-state index in [4.69, 9.17) is 35.8 Å². The first-order valence-electron chi connectivity index (χ1n) is 13.0. The lowest BCUT2D eigenvalue weighted by Gasteiger charge is -2.22. The van der Waals surface area contributed by atoms with Gasteiger partial charge in [0.1, 0.15) is 60.3 Å². The number of phosphoric acid groups is 2. The maximum absolute atomic E-state index is 11.5. The number of aromatic nitrogens is 8. The van der Waals surface area contributed by atoms with Crippen LogP contribution in [0.2, 0.25) is 0 Å². The van der Waals surface area contributed by atoms with Crippen LogP contribution in [-0.4, -0.2) is 134 Å². The number of hydrogen-bond acceptors (Lipinski definition) is 20. The lowest BCUT2D eigenvalue weighted by Crippen LogP contribution is -2.39. The van der Waals surface area contributed by atoms with Gasteiger partial charge < -0.3 is 66.3 Å². The van der Waals surface area contributed by atoms with Gasteiger partial charge in [-0.05, 0) is 0 Å². The molecule has 0 bridgehead atoms. The Hall–Kier alpha value is -3.36. The molecule has 258 valence electrons. The first-order chi connectivity index (χ1) is 22.0. The second-order valence-electron chi connectivity index (χ2n) is 9.90. The Morgan fingerprint density at radius 3 is 1.74 bits per heavy atom. The largest absolute Gasteiger partial charge is 0.483 e. The molecule has 47 heavy (non-hydrogen) atoms. The molecule has 25 nitrogen and oxygen atoms in total. The standard InChI is InChI=1S/C10H15N5O11P2.C10H13N5O4/c11-7-3-8(13-1-12-7)15(2-14-3)9-5(17)4(16)6(24-9)10(18)25-28(22,23)26-27(19,20)21;11-8-5-9(13-2-12-8)15(3-14-5)10-7(18)6(17)4(1-16)19-10/h1-2,4-6,9-10,16-18H,(H,22,23)(H2,11,12,13)(H2,19,20,21);2-4,6-7,10,16-18H,1H2,(H2,11,12,13)/t4-,5+,6-,9+,10?;4-,6-,7-,10-/m01/s1. The molecule has 2 aliphatic heterocycles. The van der Waals surface area contributed by atoms with Gasteiger partial charge in [-0.1, -0.05) is 0 Å². The van der Waals surface area contributed by atoms with E-state index in [2.05, 4.69) is 38.7 Å². The van der Waals surface area contributed by atoms with E-state index in [9.17, 15) is 39.6 Å². The van der Waals surface area contributed by atoms with Crippen LogP contribution in [0.1, 0.15) is 12.5 Å². The number of imidazole rings is 2. The zero-order valence-corrected chi connectivity index (χ0v) is 25.1. The Morgan fingerprint density at radius 2 is 1.28 bits per heavy atom. The number of hydrogen-bond donors (Lipinski definition) is 11. The minimum absolute atomic E-state index is 0.0347. The van der Waals surface area contributed by atoms with Crippen LogP contribution in [0.5, 0.6) is 0 Å². The Morgan fingerprint density at radius 1 is 0.787 bits per heavy atom. The van der Waals surface area contributed by atoms with Crippen LogP contribution in [0, 0.1) is 0 Å². The van der Waals surface area contributed by atoms with Crippen molar-refractivity contribution in [1.82, 2.24) is 39.0 Å². The van der Waals surface area contributed by atoms with E-state index in [1.54, 1.807) is 0 Å². The Labute approximate surface area is 260 Å². The summed E-state index contributed by atoms with van der Waals surface area (Å²) >= 11 is 0. The lowest BCUT2D eigenvalue weighted by molar-refractivity contribution is -0.160. The number of fused-ring (bicyclic) bond motifs is 2. The van der Waals surface area contributed by atoms with E-state index in [-0.39, 0.29) is 22.8 Å². The quantitative estimate of drug-likeness (QED) is 0.0607. The smallest absolute Gasteiger partial charge is 0.394 e. The number of aliphatic hydroxyl groups excluding tert-OH is 6. The number of nitrogens with two attached hydrogens (primary N) is 2. The first kappa shape index (κ1) is 35.0. The third-order valence-electron chi connectivity index (χ3n) is 6.85. The number of ether oxygens (including phenoxy) is 2. The number of aliphatic hydroxyl groups is 6. The molecule has 13 N–H and O–H groups in total. The maximum atomic E-state index is 11.5. The summed E-state index contributed by atoms with van der Waals surface area (Å²) in [4.78, 5) is 49.9. The summed E-state index contributed by atoms with van der Waals surface area (Å²) in [5.74, 6) is 0.253. The molecular formula is C20H28N10O15P2. The summed E-state index contributed by atoms with van der Waals surface area (Å²) in [6, 6.07) is 0. The Bertz CT molecular complexity index is 1820. The number of phosphoric ester groups is 1. The van der Waals surface area contributed by atoms with Crippen molar-refractivity contribution < 1.29 is 72.8 Å². The highest BCUT2D eigenvalue weighted by molar-refractivity contribution is 7.60. The molecule has 0 amide bonds. The van der Waals surface area contributed by atoms with Gasteiger partial charge in [0, 0.05) is 0 Å².